The van der Waals surface area contributed by atoms with E-state index in [4.69, 9.17) is 10.8 Å². The summed E-state index contributed by atoms with van der Waals surface area (Å²) < 4.78 is 5.61. The van der Waals surface area contributed by atoms with Crippen LogP contribution in [0.15, 0.2) is 16.5 Å². The van der Waals surface area contributed by atoms with Gasteiger partial charge in [0.15, 0.2) is 0 Å². The number of hydrogen-bond donors (Lipinski definition) is 1. The summed E-state index contributed by atoms with van der Waals surface area (Å²) in [6, 6.07) is 4.34. The first-order chi connectivity index (χ1) is 7.27. The number of unbranched alkanes of at least 4 members (excludes halogenated alkanes) is 1. The van der Waals surface area contributed by atoms with Gasteiger partial charge in [-0.2, -0.15) is 0 Å². The lowest BCUT2D eigenvalue weighted by Crippen LogP contribution is -2.20. The van der Waals surface area contributed by atoms with Crippen LogP contribution in [0.5, 0.6) is 0 Å². The zero-order valence-electron chi connectivity index (χ0n) is 9.55. The normalized spacial score (nSPS) is 12.3. The third-order valence-electron chi connectivity index (χ3n) is 2.37. The minimum atomic E-state index is 0.303. The van der Waals surface area contributed by atoms with Gasteiger partial charge in [-0.25, -0.2) is 0 Å². The van der Waals surface area contributed by atoms with Gasteiger partial charge in [-0.1, -0.05) is 6.92 Å². The van der Waals surface area contributed by atoms with Crippen LogP contribution in [-0.4, -0.2) is 6.54 Å². The van der Waals surface area contributed by atoms with Crippen LogP contribution in [0, 0.1) is 19.3 Å². The van der Waals surface area contributed by atoms with Gasteiger partial charge in [0.1, 0.15) is 11.5 Å². The molecule has 0 saturated carbocycles. The Bertz CT molecular complexity index is 322. The van der Waals surface area contributed by atoms with E-state index in [1.54, 1.807) is 0 Å². The van der Waals surface area contributed by atoms with E-state index in [-0.39, 0.29) is 0 Å². The lowest BCUT2D eigenvalue weighted by molar-refractivity contribution is 0.386. The van der Waals surface area contributed by atoms with Crippen LogP contribution >= 0.6 is 0 Å². The monoisotopic (exact) mass is 205 g/mol. The van der Waals surface area contributed by atoms with Crippen LogP contribution in [0.3, 0.4) is 0 Å². The number of rotatable bonds is 6. The molecule has 1 aromatic heterocycles. The molecule has 0 aliphatic rings. The number of hydrogen-bond acceptors (Lipinski definition) is 2. The lowest BCUT2D eigenvalue weighted by Gasteiger charge is -2.14. The Kier molecular flexibility index (Phi) is 5.00. The molecule has 2 nitrogen and oxygen atoms in total. The van der Waals surface area contributed by atoms with Gasteiger partial charge in [-0.3, -0.25) is 0 Å². The number of furan rings is 1. The maximum Gasteiger partial charge on any atom is 0.121 e. The molecule has 0 bridgehead atoms. The second kappa shape index (κ2) is 6.31. The summed E-state index contributed by atoms with van der Waals surface area (Å²) >= 11 is 0. The van der Waals surface area contributed by atoms with E-state index in [0.29, 0.717) is 6.04 Å². The average molecular weight is 205 g/mol. The maximum absolute atomic E-state index is 5.61. The van der Waals surface area contributed by atoms with Gasteiger partial charge in [0, 0.05) is 6.42 Å². The fourth-order valence-corrected chi connectivity index (χ4v) is 1.64. The van der Waals surface area contributed by atoms with Gasteiger partial charge < -0.3 is 9.73 Å². The lowest BCUT2D eigenvalue weighted by atomic mass is 10.1. The topological polar surface area (TPSA) is 25.2 Å². The first kappa shape index (κ1) is 11.9. The van der Waals surface area contributed by atoms with E-state index < -0.39 is 0 Å². The molecule has 0 spiro atoms. The minimum Gasteiger partial charge on any atom is -0.465 e. The van der Waals surface area contributed by atoms with Gasteiger partial charge in [-0.05, 0) is 38.4 Å². The summed E-state index contributed by atoms with van der Waals surface area (Å²) in [4.78, 5) is 0. The van der Waals surface area contributed by atoms with Crippen molar-refractivity contribution in [1.82, 2.24) is 5.32 Å². The van der Waals surface area contributed by atoms with Crippen LogP contribution in [0.4, 0.5) is 0 Å². The highest BCUT2D eigenvalue weighted by atomic mass is 16.3. The summed E-state index contributed by atoms with van der Waals surface area (Å²) in [7, 11) is 0. The van der Waals surface area contributed by atoms with Crippen molar-refractivity contribution in [3.63, 3.8) is 0 Å². The van der Waals surface area contributed by atoms with Crippen molar-refractivity contribution in [2.45, 2.75) is 39.2 Å². The third kappa shape index (κ3) is 3.81. The molecular formula is C13H19NO. The van der Waals surface area contributed by atoms with E-state index in [1.807, 2.05) is 19.1 Å². The smallest absolute Gasteiger partial charge is 0.121 e. The van der Waals surface area contributed by atoms with Crippen LogP contribution in [0.2, 0.25) is 0 Å². The molecule has 0 aliphatic carbocycles. The standard InChI is InChI=1S/C13H19NO/c1-4-6-7-8-12(14-5-2)13-10-9-11(3)15-13/h1,9-10,12,14H,5-8H2,2-3H3. The first-order valence-corrected chi connectivity index (χ1v) is 5.51. The molecule has 0 radical (unpaired) electrons. The summed E-state index contributed by atoms with van der Waals surface area (Å²) in [5, 5.41) is 3.41. The van der Waals surface area contributed by atoms with Crippen molar-refractivity contribution >= 4 is 0 Å². The Morgan fingerprint density at radius 1 is 1.53 bits per heavy atom. The number of terminal acetylenes is 1. The fourth-order valence-electron chi connectivity index (χ4n) is 1.64. The number of nitrogens with one attached hydrogen (secondary N) is 1. The van der Waals surface area contributed by atoms with Gasteiger partial charge in [0.05, 0.1) is 6.04 Å². The molecule has 1 atom stereocenters. The molecule has 1 heterocycles. The predicted octanol–water partition coefficient (Wildman–Crippen LogP) is 3.04. The molecule has 15 heavy (non-hydrogen) atoms. The summed E-state index contributed by atoms with van der Waals surface area (Å²) in [6.45, 7) is 5.01. The van der Waals surface area contributed by atoms with Crippen molar-refractivity contribution in [2.24, 2.45) is 0 Å². The molecule has 2 heteroatoms. The molecular weight excluding hydrogens is 186 g/mol. The van der Waals surface area contributed by atoms with E-state index in [2.05, 4.69) is 18.2 Å². The molecule has 82 valence electrons. The average Bonchev–Trinajstić information content (AvgIpc) is 2.64. The van der Waals surface area contributed by atoms with Crippen molar-refractivity contribution < 1.29 is 4.42 Å². The molecule has 0 fully saturated rings. The number of aryl methyl sites for hydroxylation is 1. The Morgan fingerprint density at radius 2 is 2.33 bits per heavy atom. The zero-order chi connectivity index (χ0) is 11.1. The van der Waals surface area contributed by atoms with Gasteiger partial charge >= 0.3 is 0 Å². The van der Waals surface area contributed by atoms with E-state index in [1.165, 1.54) is 0 Å². The second-order valence-corrected chi connectivity index (χ2v) is 3.66. The van der Waals surface area contributed by atoms with E-state index in [9.17, 15) is 0 Å². The highest BCUT2D eigenvalue weighted by molar-refractivity contribution is 5.09. The van der Waals surface area contributed by atoms with Crippen molar-refractivity contribution in [1.29, 1.82) is 0 Å². The molecule has 0 amide bonds. The first-order valence-electron chi connectivity index (χ1n) is 5.51. The van der Waals surface area contributed by atoms with Gasteiger partial charge in [-0.15, -0.1) is 12.3 Å². The summed E-state index contributed by atoms with van der Waals surface area (Å²) in [6.07, 6.45) is 8.14. The van der Waals surface area contributed by atoms with Crippen molar-refractivity contribution in [3.05, 3.63) is 23.7 Å². The van der Waals surface area contributed by atoms with Gasteiger partial charge in [0.25, 0.3) is 0 Å². The van der Waals surface area contributed by atoms with Crippen LogP contribution in [-0.2, 0) is 0 Å². The Labute approximate surface area is 92.1 Å². The SMILES string of the molecule is C#CCCCC(NCC)c1ccc(C)o1. The Hall–Kier alpha value is -1.20. The van der Waals surface area contributed by atoms with E-state index in [0.717, 1.165) is 37.3 Å². The Balaban J connectivity index is 2.54. The van der Waals surface area contributed by atoms with Gasteiger partial charge in [0.2, 0.25) is 0 Å². The van der Waals surface area contributed by atoms with Crippen LogP contribution < -0.4 is 5.32 Å². The maximum atomic E-state index is 5.61. The summed E-state index contributed by atoms with van der Waals surface area (Å²) in [5.41, 5.74) is 0. The zero-order valence-corrected chi connectivity index (χ0v) is 9.55. The highest BCUT2D eigenvalue weighted by Gasteiger charge is 2.12. The van der Waals surface area contributed by atoms with E-state index >= 15 is 0 Å². The molecule has 0 saturated heterocycles. The second-order valence-electron chi connectivity index (χ2n) is 3.66. The van der Waals surface area contributed by atoms with Crippen LogP contribution in [0.25, 0.3) is 0 Å². The molecule has 1 rings (SSSR count). The van der Waals surface area contributed by atoms with Crippen molar-refractivity contribution in [3.8, 4) is 12.3 Å². The molecule has 1 unspecified atom stereocenters. The predicted molar refractivity (Wildman–Crippen MR) is 62.5 cm³/mol. The van der Waals surface area contributed by atoms with Crippen molar-refractivity contribution in [2.75, 3.05) is 6.54 Å². The fraction of sp³-hybridized carbons (Fsp3) is 0.538. The third-order valence-corrected chi connectivity index (χ3v) is 2.37. The minimum absolute atomic E-state index is 0.303. The Morgan fingerprint density at radius 3 is 2.87 bits per heavy atom. The highest BCUT2D eigenvalue weighted by Crippen LogP contribution is 2.21. The molecule has 1 aromatic rings. The van der Waals surface area contributed by atoms with Crippen LogP contribution in [0.1, 0.15) is 43.7 Å². The molecule has 0 aromatic carbocycles. The summed E-state index contributed by atoms with van der Waals surface area (Å²) in [5.74, 6) is 4.65. The quantitative estimate of drug-likeness (QED) is 0.570. The molecule has 0 aliphatic heterocycles. The largest absolute Gasteiger partial charge is 0.465 e. The molecule has 1 N–H and O–H groups in total.